The Morgan fingerprint density at radius 3 is 2.53 bits per heavy atom. The smallest absolute Gasteiger partial charge is 0.299 e. The van der Waals surface area contributed by atoms with Gasteiger partial charge in [0.1, 0.15) is 23.2 Å². The van der Waals surface area contributed by atoms with Crippen LogP contribution in [0.15, 0.2) is 76.2 Å². The highest BCUT2D eigenvalue weighted by Gasteiger charge is 2.65. The molecule has 0 spiro atoms. The second kappa shape index (κ2) is 15.6. The number of dihydropyridines is 1. The van der Waals surface area contributed by atoms with Gasteiger partial charge in [0, 0.05) is 49.2 Å². The average molecular weight is 808 g/mol. The fourth-order valence-electron chi connectivity index (χ4n) is 12.6. The van der Waals surface area contributed by atoms with E-state index in [4.69, 9.17) is 15.6 Å². The molecule has 2 aliphatic heterocycles. The molecule has 7 N–H and O–H groups in total. The number of likely N-dealkylation sites (tertiary alicyclic amines) is 1. The van der Waals surface area contributed by atoms with Gasteiger partial charge in [-0.05, 0) is 149 Å². The molecule has 0 amide bonds. The Hall–Kier alpha value is -4.46. The minimum absolute atomic E-state index is 0.183. The van der Waals surface area contributed by atoms with E-state index in [0.29, 0.717) is 57.4 Å². The van der Waals surface area contributed by atoms with Gasteiger partial charge in [0.25, 0.3) is 5.95 Å². The molecule has 13 heteroatoms. The maximum absolute atomic E-state index is 10.7. The Balaban J connectivity index is 1.00. The van der Waals surface area contributed by atoms with E-state index in [1.165, 1.54) is 62.7 Å². The number of aliphatic hydroxyl groups excluding tert-OH is 1. The standard InChI is InChI=1S/C45H61N9O3S/c1-29(38(46)52-41-50-34-12-6-7-13-35(34)58-41)31-11-8-19-53(39(31)47)36-15-14-32(37(51-36)40(55)56)33-21-49-54(30(33)2)28-45-25-42(3)22-43(4,26-45)24-44(23-42,27-45)16-9-17-48-18-10-20-57-5/h6-7,12-15,21,47-48,51,55-56H,8-11,16-20,22-28H2,1-5H3,(H2,46,50,52)/b31-29-,47-39?. The van der Waals surface area contributed by atoms with Crippen molar-refractivity contribution in [3.63, 3.8) is 0 Å². The third-order valence-corrected chi connectivity index (χ3v) is 14.5. The number of ether oxygens (including phenoxy) is 1. The van der Waals surface area contributed by atoms with E-state index in [0.717, 1.165) is 71.7 Å². The Morgan fingerprint density at radius 2 is 1.79 bits per heavy atom. The van der Waals surface area contributed by atoms with Gasteiger partial charge in [-0.1, -0.05) is 37.3 Å². The first-order chi connectivity index (χ1) is 27.7. The number of fused-ring (bicyclic) bond motifs is 1. The molecule has 58 heavy (non-hydrogen) atoms. The lowest BCUT2D eigenvalue weighted by Crippen LogP contribution is -2.60. The van der Waals surface area contributed by atoms with Gasteiger partial charge in [-0.25, -0.2) is 9.98 Å². The molecule has 310 valence electrons. The number of amidine groups is 2. The molecule has 1 saturated heterocycles. The molecule has 2 unspecified atom stereocenters. The summed E-state index contributed by atoms with van der Waals surface area (Å²) in [6.07, 6.45) is 18.4. The van der Waals surface area contributed by atoms with Gasteiger partial charge >= 0.3 is 0 Å². The Kier molecular flexibility index (Phi) is 10.9. The van der Waals surface area contributed by atoms with Crippen LogP contribution in [0, 0.1) is 34.0 Å². The first-order valence-corrected chi connectivity index (χ1v) is 21.9. The maximum atomic E-state index is 10.7. The van der Waals surface area contributed by atoms with Crippen molar-refractivity contribution in [2.24, 2.45) is 32.4 Å². The second-order valence-corrected chi connectivity index (χ2v) is 19.8. The van der Waals surface area contributed by atoms with Crippen LogP contribution in [0.4, 0.5) is 5.13 Å². The van der Waals surface area contributed by atoms with Crippen LogP contribution in [0.25, 0.3) is 15.8 Å². The van der Waals surface area contributed by atoms with E-state index in [-0.39, 0.29) is 11.1 Å². The number of nitrogens with zero attached hydrogens (tertiary/aromatic N) is 5. The van der Waals surface area contributed by atoms with Crippen molar-refractivity contribution < 1.29 is 14.9 Å². The van der Waals surface area contributed by atoms with Crippen LogP contribution in [0.2, 0.25) is 0 Å². The zero-order valence-electron chi connectivity index (χ0n) is 34.9. The Bertz CT molecular complexity index is 2190. The summed E-state index contributed by atoms with van der Waals surface area (Å²) in [6, 6.07) is 7.90. The van der Waals surface area contributed by atoms with Crippen LogP contribution in [-0.4, -0.2) is 74.9 Å². The first kappa shape index (κ1) is 40.3. The van der Waals surface area contributed by atoms with E-state index >= 15 is 0 Å². The molecule has 9 rings (SSSR count). The molecule has 2 aromatic heterocycles. The zero-order valence-corrected chi connectivity index (χ0v) is 35.7. The number of thiazole rings is 1. The van der Waals surface area contributed by atoms with Gasteiger partial charge in [-0.2, -0.15) is 5.10 Å². The number of aliphatic imine (C=N–C) groups is 1. The van der Waals surface area contributed by atoms with E-state index in [1.54, 1.807) is 7.11 Å². The molecule has 5 fully saturated rings. The number of aliphatic hydroxyl groups is 2. The number of nitrogens with two attached hydrogens (primary N) is 1. The van der Waals surface area contributed by atoms with Crippen LogP contribution < -0.4 is 16.4 Å². The van der Waals surface area contributed by atoms with E-state index < -0.39 is 5.95 Å². The summed E-state index contributed by atoms with van der Waals surface area (Å²) in [4.78, 5) is 11.1. The number of rotatable bonds is 14. The third kappa shape index (κ3) is 7.85. The van der Waals surface area contributed by atoms with Crippen molar-refractivity contribution in [3.05, 3.63) is 82.5 Å². The van der Waals surface area contributed by atoms with Gasteiger partial charge in [0.15, 0.2) is 0 Å². The fourth-order valence-corrected chi connectivity index (χ4v) is 13.4. The van der Waals surface area contributed by atoms with Gasteiger partial charge in [0.05, 0.1) is 16.4 Å². The number of nitrogens with one attached hydrogen (secondary N) is 3. The zero-order chi connectivity index (χ0) is 40.9. The Morgan fingerprint density at radius 1 is 1.05 bits per heavy atom. The average Bonchev–Trinajstić information content (AvgIpc) is 3.74. The van der Waals surface area contributed by atoms with Crippen molar-refractivity contribution in [1.82, 2.24) is 30.3 Å². The molecule has 4 saturated carbocycles. The highest BCUT2D eigenvalue weighted by atomic mass is 32.1. The minimum Gasteiger partial charge on any atom is -0.480 e. The van der Waals surface area contributed by atoms with Crippen LogP contribution in [0.3, 0.4) is 0 Å². The quantitative estimate of drug-likeness (QED) is 0.0404. The van der Waals surface area contributed by atoms with Crippen molar-refractivity contribution in [2.75, 3.05) is 33.4 Å². The predicted molar refractivity (Wildman–Crippen MR) is 233 cm³/mol. The maximum Gasteiger partial charge on any atom is 0.299 e. The van der Waals surface area contributed by atoms with Crippen LogP contribution in [-0.2, 0) is 11.3 Å². The van der Waals surface area contributed by atoms with Crippen LogP contribution >= 0.6 is 11.3 Å². The lowest BCUT2D eigenvalue weighted by Gasteiger charge is -2.70. The van der Waals surface area contributed by atoms with Gasteiger partial charge < -0.3 is 36.2 Å². The SMILES string of the molecule is COCCCNCCCC12CC3(C)CC(C)(C1)CC(Cn1ncc(C4=CC=C(N5CCC/C(=C(C)/C(N)=N\c6nc7ccccc7s6)C5=N)NC4=C(O)O)c1C)(C3)C2. The van der Waals surface area contributed by atoms with Gasteiger partial charge in [-0.15, -0.1) is 0 Å². The molecule has 4 aliphatic carbocycles. The molecular weight excluding hydrogens is 747 g/mol. The largest absolute Gasteiger partial charge is 0.480 e. The number of aromatic nitrogens is 3. The first-order valence-electron chi connectivity index (χ1n) is 21.0. The molecule has 4 bridgehead atoms. The van der Waals surface area contributed by atoms with Crippen molar-refractivity contribution in [3.8, 4) is 0 Å². The third-order valence-electron chi connectivity index (χ3n) is 13.6. The van der Waals surface area contributed by atoms with Gasteiger partial charge in [-0.3, -0.25) is 10.1 Å². The topological polar surface area (TPSA) is 170 Å². The lowest BCUT2D eigenvalue weighted by molar-refractivity contribution is -0.197. The van der Waals surface area contributed by atoms with E-state index in [2.05, 4.69) is 46.1 Å². The summed E-state index contributed by atoms with van der Waals surface area (Å²) in [5.41, 5.74) is 12.9. The number of para-hydroxylation sites is 1. The molecule has 4 heterocycles. The molecule has 2 atom stereocenters. The summed E-state index contributed by atoms with van der Waals surface area (Å²) in [5, 5.41) is 43.1. The van der Waals surface area contributed by atoms with E-state index in [9.17, 15) is 15.6 Å². The molecule has 1 aromatic carbocycles. The van der Waals surface area contributed by atoms with E-state index in [1.807, 2.05) is 54.4 Å². The second-order valence-electron chi connectivity index (χ2n) is 18.8. The monoisotopic (exact) mass is 807 g/mol. The lowest BCUT2D eigenvalue weighted by atomic mass is 9.35. The van der Waals surface area contributed by atoms with Gasteiger partial charge in [0.2, 0.25) is 5.13 Å². The molecule has 0 radical (unpaired) electrons. The normalized spacial score (nSPS) is 29.2. The molecular formula is C45H61N9O3S. The summed E-state index contributed by atoms with van der Waals surface area (Å²) < 4.78 is 8.45. The van der Waals surface area contributed by atoms with Crippen molar-refractivity contribution in [1.29, 1.82) is 5.41 Å². The Labute approximate surface area is 346 Å². The van der Waals surface area contributed by atoms with Crippen LogP contribution in [0.1, 0.15) is 103 Å². The molecule has 3 aromatic rings. The summed E-state index contributed by atoms with van der Waals surface area (Å²) >= 11 is 1.48. The van der Waals surface area contributed by atoms with Crippen LogP contribution in [0.5, 0.6) is 0 Å². The number of methoxy groups -OCH3 is 1. The highest BCUT2D eigenvalue weighted by Crippen LogP contribution is 2.75. The number of allylic oxidation sites excluding steroid dienone is 3. The fraction of sp³-hybridized carbons (Fsp3) is 0.556. The minimum atomic E-state index is -0.802. The summed E-state index contributed by atoms with van der Waals surface area (Å²) in [5.74, 6) is 0.426. The number of hydrogen-bond acceptors (Lipinski definition) is 10. The number of piperidine rings is 1. The predicted octanol–water partition coefficient (Wildman–Crippen LogP) is 8.77. The number of hydrogen-bond donors (Lipinski definition) is 6. The number of benzene rings is 1. The highest BCUT2D eigenvalue weighted by molar-refractivity contribution is 7.22. The summed E-state index contributed by atoms with van der Waals surface area (Å²) in [7, 11) is 1.77. The molecule has 12 nitrogen and oxygen atoms in total. The summed E-state index contributed by atoms with van der Waals surface area (Å²) in [6.45, 7) is 13.4. The molecule has 6 aliphatic rings. The van der Waals surface area contributed by atoms with Crippen molar-refractivity contribution >= 4 is 43.9 Å². The van der Waals surface area contributed by atoms with Crippen molar-refractivity contribution in [2.45, 2.75) is 105 Å².